The van der Waals surface area contributed by atoms with E-state index in [0.29, 0.717) is 18.8 Å². The number of rotatable bonds is 2. The number of hydrogen-bond donors (Lipinski definition) is 1. The van der Waals surface area contributed by atoms with Crippen molar-refractivity contribution in [3.05, 3.63) is 34.9 Å². The zero-order chi connectivity index (χ0) is 12.4. The lowest BCUT2D eigenvalue weighted by atomic mass is 9.86. The van der Waals surface area contributed by atoms with Gasteiger partial charge in [0.15, 0.2) is 0 Å². The SMILES string of the molecule is Cc1ccc(F)c(C(N)C2CCOCC2)c1F. The fourth-order valence-electron chi connectivity index (χ4n) is 2.29. The van der Waals surface area contributed by atoms with Crippen LogP contribution in [0.1, 0.15) is 30.0 Å². The molecule has 2 N–H and O–H groups in total. The summed E-state index contributed by atoms with van der Waals surface area (Å²) in [4.78, 5) is 0. The third-order valence-corrected chi connectivity index (χ3v) is 3.43. The first kappa shape index (κ1) is 12.5. The molecule has 4 heteroatoms. The van der Waals surface area contributed by atoms with Crippen molar-refractivity contribution in [1.82, 2.24) is 0 Å². The van der Waals surface area contributed by atoms with Gasteiger partial charge in [-0.25, -0.2) is 8.78 Å². The van der Waals surface area contributed by atoms with E-state index in [9.17, 15) is 8.78 Å². The Hall–Kier alpha value is -1.00. The van der Waals surface area contributed by atoms with Gasteiger partial charge in [0.25, 0.3) is 0 Å². The van der Waals surface area contributed by atoms with Crippen LogP contribution in [0.5, 0.6) is 0 Å². The van der Waals surface area contributed by atoms with Gasteiger partial charge in [0.05, 0.1) is 0 Å². The van der Waals surface area contributed by atoms with E-state index in [1.807, 2.05) is 0 Å². The maximum absolute atomic E-state index is 13.9. The first-order valence-corrected chi connectivity index (χ1v) is 5.89. The molecule has 0 saturated carbocycles. The lowest BCUT2D eigenvalue weighted by Crippen LogP contribution is -2.29. The summed E-state index contributed by atoms with van der Waals surface area (Å²) in [7, 11) is 0. The van der Waals surface area contributed by atoms with Crippen LogP contribution in [0.2, 0.25) is 0 Å². The van der Waals surface area contributed by atoms with E-state index >= 15 is 0 Å². The Morgan fingerprint density at radius 3 is 2.59 bits per heavy atom. The highest BCUT2D eigenvalue weighted by Crippen LogP contribution is 2.31. The Morgan fingerprint density at radius 2 is 1.94 bits per heavy atom. The fraction of sp³-hybridized carbons (Fsp3) is 0.538. The van der Waals surface area contributed by atoms with E-state index in [-0.39, 0.29) is 11.5 Å². The zero-order valence-electron chi connectivity index (χ0n) is 9.88. The van der Waals surface area contributed by atoms with Crippen molar-refractivity contribution >= 4 is 0 Å². The van der Waals surface area contributed by atoms with Crippen LogP contribution in [0.25, 0.3) is 0 Å². The molecule has 1 heterocycles. The van der Waals surface area contributed by atoms with Gasteiger partial charge in [0.2, 0.25) is 0 Å². The molecule has 1 unspecified atom stereocenters. The van der Waals surface area contributed by atoms with E-state index in [2.05, 4.69) is 0 Å². The summed E-state index contributed by atoms with van der Waals surface area (Å²) in [6.45, 7) is 2.86. The molecule has 1 fully saturated rings. The summed E-state index contributed by atoms with van der Waals surface area (Å²) in [6, 6.07) is 2.14. The number of hydrogen-bond acceptors (Lipinski definition) is 2. The van der Waals surface area contributed by atoms with Crippen LogP contribution in [0.15, 0.2) is 12.1 Å². The number of ether oxygens (including phenoxy) is 1. The van der Waals surface area contributed by atoms with Gasteiger partial charge in [0, 0.05) is 24.8 Å². The molecule has 2 rings (SSSR count). The summed E-state index contributed by atoms with van der Waals surface area (Å²) in [6.07, 6.45) is 1.52. The predicted octanol–water partition coefficient (Wildman–Crippen LogP) is 2.70. The van der Waals surface area contributed by atoms with Crippen molar-refractivity contribution in [2.24, 2.45) is 11.7 Å². The first-order valence-electron chi connectivity index (χ1n) is 5.89. The molecule has 0 radical (unpaired) electrons. The molecule has 94 valence electrons. The second-order valence-electron chi connectivity index (χ2n) is 4.57. The predicted molar refractivity (Wildman–Crippen MR) is 61.6 cm³/mol. The number of nitrogens with two attached hydrogens (primary N) is 1. The normalized spacial score (nSPS) is 19.3. The minimum atomic E-state index is -0.584. The molecule has 1 aromatic carbocycles. The van der Waals surface area contributed by atoms with Crippen LogP contribution < -0.4 is 5.73 Å². The van der Waals surface area contributed by atoms with Crippen LogP contribution in [0.3, 0.4) is 0 Å². The lowest BCUT2D eigenvalue weighted by molar-refractivity contribution is 0.0575. The van der Waals surface area contributed by atoms with Gasteiger partial charge in [-0.2, -0.15) is 0 Å². The largest absolute Gasteiger partial charge is 0.381 e. The Kier molecular flexibility index (Phi) is 3.74. The van der Waals surface area contributed by atoms with Gasteiger partial charge in [-0.3, -0.25) is 0 Å². The van der Waals surface area contributed by atoms with Crippen LogP contribution in [-0.2, 0) is 4.74 Å². The number of aryl methyl sites for hydroxylation is 1. The third-order valence-electron chi connectivity index (χ3n) is 3.43. The van der Waals surface area contributed by atoms with Crippen LogP contribution >= 0.6 is 0 Å². The van der Waals surface area contributed by atoms with E-state index in [0.717, 1.165) is 12.8 Å². The Labute approximate surface area is 99.8 Å². The maximum atomic E-state index is 13.9. The van der Waals surface area contributed by atoms with Gasteiger partial charge >= 0.3 is 0 Å². The van der Waals surface area contributed by atoms with Gasteiger partial charge < -0.3 is 10.5 Å². The highest BCUT2D eigenvalue weighted by molar-refractivity contribution is 5.29. The molecule has 0 spiro atoms. The van der Waals surface area contributed by atoms with Crippen LogP contribution in [0.4, 0.5) is 8.78 Å². The molecular formula is C13H17F2NO. The number of halogens is 2. The molecule has 0 aliphatic carbocycles. The van der Waals surface area contributed by atoms with Crippen LogP contribution in [0, 0.1) is 24.5 Å². The first-order chi connectivity index (χ1) is 8.11. The monoisotopic (exact) mass is 241 g/mol. The molecule has 0 bridgehead atoms. The fourth-order valence-corrected chi connectivity index (χ4v) is 2.29. The summed E-state index contributed by atoms with van der Waals surface area (Å²) in [5.74, 6) is -0.967. The van der Waals surface area contributed by atoms with E-state index in [4.69, 9.17) is 10.5 Å². The molecule has 1 aliphatic rings. The van der Waals surface area contributed by atoms with Crippen molar-refractivity contribution in [1.29, 1.82) is 0 Å². The quantitative estimate of drug-likeness (QED) is 0.864. The molecular weight excluding hydrogens is 224 g/mol. The molecule has 0 amide bonds. The average Bonchev–Trinajstić information content (AvgIpc) is 2.35. The summed E-state index contributed by atoms with van der Waals surface area (Å²) in [5, 5.41) is 0. The van der Waals surface area contributed by atoms with Gasteiger partial charge in [0.1, 0.15) is 11.6 Å². The second kappa shape index (κ2) is 5.10. The van der Waals surface area contributed by atoms with Gasteiger partial charge in [-0.05, 0) is 37.3 Å². The van der Waals surface area contributed by atoms with Crippen molar-refractivity contribution in [2.45, 2.75) is 25.8 Å². The highest BCUT2D eigenvalue weighted by atomic mass is 19.1. The average molecular weight is 241 g/mol. The Balaban J connectivity index is 2.29. The minimum Gasteiger partial charge on any atom is -0.381 e. The van der Waals surface area contributed by atoms with Crippen LogP contribution in [-0.4, -0.2) is 13.2 Å². The Morgan fingerprint density at radius 1 is 1.29 bits per heavy atom. The minimum absolute atomic E-state index is 0.0249. The molecule has 0 aromatic heterocycles. The molecule has 17 heavy (non-hydrogen) atoms. The topological polar surface area (TPSA) is 35.2 Å². The lowest BCUT2D eigenvalue weighted by Gasteiger charge is -2.28. The molecule has 1 aromatic rings. The zero-order valence-corrected chi connectivity index (χ0v) is 9.88. The van der Waals surface area contributed by atoms with E-state index in [1.165, 1.54) is 12.1 Å². The molecule has 1 atom stereocenters. The van der Waals surface area contributed by atoms with E-state index < -0.39 is 17.7 Å². The molecule has 1 saturated heterocycles. The van der Waals surface area contributed by atoms with Crippen molar-refractivity contribution < 1.29 is 13.5 Å². The standard InChI is InChI=1S/C13H17F2NO/c1-8-2-3-10(14)11(12(8)15)13(16)9-4-6-17-7-5-9/h2-3,9,13H,4-7,16H2,1H3. The third kappa shape index (κ3) is 2.48. The van der Waals surface area contributed by atoms with Crippen molar-refractivity contribution in [3.8, 4) is 0 Å². The summed E-state index contributed by atoms with van der Waals surface area (Å²) >= 11 is 0. The Bertz CT molecular complexity index is 403. The summed E-state index contributed by atoms with van der Waals surface area (Å²) in [5.41, 5.74) is 6.46. The smallest absolute Gasteiger partial charge is 0.133 e. The maximum Gasteiger partial charge on any atom is 0.133 e. The van der Waals surface area contributed by atoms with Gasteiger partial charge in [-0.15, -0.1) is 0 Å². The van der Waals surface area contributed by atoms with Crippen molar-refractivity contribution in [3.63, 3.8) is 0 Å². The number of benzene rings is 1. The van der Waals surface area contributed by atoms with Crippen molar-refractivity contribution in [2.75, 3.05) is 13.2 Å². The molecule has 2 nitrogen and oxygen atoms in total. The highest BCUT2D eigenvalue weighted by Gasteiger charge is 2.27. The van der Waals surface area contributed by atoms with Gasteiger partial charge in [-0.1, -0.05) is 6.07 Å². The second-order valence-corrected chi connectivity index (χ2v) is 4.57. The molecule has 1 aliphatic heterocycles. The van der Waals surface area contributed by atoms with E-state index in [1.54, 1.807) is 6.92 Å². The summed E-state index contributed by atoms with van der Waals surface area (Å²) < 4.78 is 32.8.